The van der Waals surface area contributed by atoms with Crippen molar-refractivity contribution in [1.82, 2.24) is 9.97 Å². The molecule has 22 heavy (non-hydrogen) atoms. The molecular weight excluding hydrogens is 296 g/mol. The third-order valence-corrected chi connectivity index (χ3v) is 4.76. The number of hydrogen-bond donors (Lipinski definition) is 0. The molecule has 1 saturated carbocycles. The van der Waals surface area contributed by atoms with Crippen LogP contribution >= 0.6 is 11.6 Å². The third-order valence-electron chi connectivity index (χ3n) is 4.44. The third kappa shape index (κ3) is 3.58. The van der Waals surface area contributed by atoms with E-state index in [1.807, 2.05) is 25.1 Å². The van der Waals surface area contributed by atoms with Crippen molar-refractivity contribution in [3.63, 3.8) is 0 Å². The maximum absolute atomic E-state index is 6.30. The number of aromatic nitrogens is 2. The summed E-state index contributed by atoms with van der Waals surface area (Å²) in [4.78, 5) is 8.51. The normalized spacial score (nSPS) is 21.5. The van der Waals surface area contributed by atoms with Gasteiger partial charge >= 0.3 is 0 Å². The molecule has 2 atom stereocenters. The molecule has 0 radical (unpaired) electrons. The first-order valence-corrected chi connectivity index (χ1v) is 8.27. The van der Waals surface area contributed by atoms with E-state index >= 15 is 0 Å². The number of ether oxygens (including phenoxy) is 1. The predicted molar refractivity (Wildman–Crippen MR) is 88.4 cm³/mol. The highest BCUT2D eigenvalue weighted by atomic mass is 35.5. The molecular formula is C18H21ClN2O. The number of rotatable bonds is 4. The monoisotopic (exact) mass is 316 g/mol. The van der Waals surface area contributed by atoms with Crippen molar-refractivity contribution in [2.24, 2.45) is 5.92 Å². The summed E-state index contributed by atoms with van der Waals surface area (Å²) in [6.45, 7) is 2.69. The summed E-state index contributed by atoms with van der Waals surface area (Å²) in [5, 5.41) is 0.636. The second kappa shape index (κ2) is 7.10. The van der Waals surface area contributed by atoms with Gasteiger partial charge in [-0.3, -0.25) is 4.98 Å². The molecule has 2 heterocycles. The minimum absolute atomic E-state index is 0.438. The van der Waals surface area contributed by atoms with Gasteiger partial charge in [0.15, 0.2) is 0 Å². The summed E-state index contributed by atoms with van der Waals surface area (Å²) in [5.74, 6) is 1.76. The van der Waals surface area contributed by atoms with E-state index in [0.717, 1.165) is 17.9 Å². The molecule has 0 aromatic carbocycles. The van der Waals surface area contributed by atoms with Crippen LogP contribution in [0.2, 0.25) is 5.15 Å². The minimum Gasteiger partial charge on any atom is -0.492 e. The van der Waals surface area contributed by atoms with E-state index in [2.05, 4.69) is 16.0 Å². The van der Waals surface area contributed by atoms with Crippen molar-refractivity contribution in [1.29, 1.82) is 0 Å². The van der Waals surface area contributed by atoms with Crippen molar-refractivity contribution in [2.75, 3.05) is 6.61 Å². The summed E-state index contributed by atoms with van der Waals surface area (Å²) in [6, 6.07) is 8.03. The lowest BCUT2D eigenvalue weighted by Gasteiger charge is -2.32. The van der Waals surface area contributed by atoms with Crippen LogP contribution in [0.15, 0.2) is 36.7 Å². The van der Waals surface area contributed by atoms with Crippen LogP contribution in [0, 0.1) is 12.8 Å². The highest BCUT2D eigenvalue weighted by Crippen LogP contribution is 2.40. The molecule has 0 saturated heterocycles. The van der Waals surface area contributed by atoms with Crippen LogP contribution in [0.3, 0.4) is 0 Å². The average molecular weight is 317 g/mol. The highest BCUT2D eigenvalue weighted by Gasteiger charge is 2.28. The molecule has 0 N–H and O–H groups in total. The first-order valence-electron chi connectivity index (χ1n) is 7.90. The molecule has 2 aromatic heterocycles. The Morgan fingerprint density at radius 3 is 2.82 bits per heavy atom. The van der Waals surface area contributed by atoms with E-state index < -0.39 is 0 Å². The van der Waals surface area contributed by atoms with Gasteiger partial charge in [0.25, 0.3) is 0 Å². The Balaban J connectivity index is 1.70. The molecule has 0 bridgehead atoms. The molecule has 2 unspecified atom stereocenters. The van der Waals surface area contributed by atoms with Gasteiger partial charge in [-0.1, -0.05) is 30.5 Å². The van der Waals surface area contributed by atoms with Crippen molar-refractivity contribution < 1.29 is 4.74 Å². The standard InChI is InChI=1S/C18H21ClN2O/c1-13-8-9-15(11-21-13)22-12-14-5-2-3-6-16(14)17-7-4-10-20-18(17)19/h4,7-11,14,16H,2-3,5-6,12H2,1H3. The Morgan fingerprint density at radius 1 is 1.18 bits per heavy atom. The van der Waals surface area contributed by atoms with Crippen molar-refractivity contribution in [3.8, 4) is 5.75 Å². The van der Waals surface area contributed by atoms with Crippen molar-refractivity contribution >= 4 is 11.6 Å². The lowest BCUT2D eigenvalue weighted by molar-refractivity contribution is 0.186. The molecule has 1 aliphatic rings. The number of hydrogen-bond acceptors (Lipinski definition) is 3. The second-order valence-corrected chi connectivity index (χ2v) is 6.34. The van der Waals surface area contributed by atoms with Crippen molar-refractivity contribution in [3.05, 3.63) is 53.1 Å². The number of nitrogens with zero attached hydrogens (tertiary/aromatic N) is 2. The van der Waals surface area contributed by atoms with E-state index in [-0.39, 0.29) is 0 Å². The Kier molecular flexibility index (Phi) is 4.94. The summed E-state index contributed by atoms with van der Waals surface area (Å²) in [5.41, 5.74) is 2.17. The van der Waals surface area contributed by atoms with E-state index in [0.29, 0.717) is 23.6 Å². The Bertz CT molecular complexity index is 615. The zero-order chi connectivity index (χ0) is 15.4. The van der Waals surface area contributed by atoms with Crippen LogP contribution in [0.1, 0.15) is 42.9 Å². The Labute approximate surface area is 136 Å². The van der Waals surface area contributed by atoms with Crippen LogP contribution < -0.4 is 4.74 Å². The first-order chi connectivity index (χ1) is 10.7. The second-order valence-electron chi connectivity index (χ2n) is 5.98. The van der Waals surface area contributed by atoms with Gasteiger partial charge in [-0.15, -0.1) is 0 Å². The predicted octanol–water partition coefficient (Wildman–Crippen LogP) is 4.79. The lowest BCUT2D eigenvalue weighted by Crippen LogP contribution is -2.24. The molecule has 0 spiro atoms. The van der Waals surface area contributed by atoms with Crippen LogP contribution in [0.5, 0.6) is 5.75 Å². The van der Waals surface area contributed by atoms with Crippen LogP contribution in [-0.2, 0) is 0 Å². The van der Waals surface area contributed by atoms with Gasteiger partial charge < -0.3 is 4.74 Å². The summed E-state index contributed by atoms with van der Waals surface area (Å²) in [7, 11) is 0. The van der Waals surface area contributed by atoms with Crippen LogP contribution in [0.4, 0.5) is 0 Å². The van der Waals surface area contributed by atoms with E-state index in [1.165, 1.54) is 24.8 Å². The summed E-state index contributed by atoms with van der Waals surface area (Å²) >= 11 is 6.30. The quantitative estimate of drug-likeness (QED) is 0.761. The van der Waals surface area contributed by atoms with Gasteiger partial charge in [0.2, 0.25) is 0 Å². The lowest BCUT2D eigenvalue weighted by atomic mass is 9.76. The van der Waals surface area contributed by atoms with Gasteiger partial charge in [-0.05, 0) is 55.4 Å². The van der Waals surface area contributed by atoms with Gasteiger partial charge in [0.05, 0.1) is 12.8 Å². The molecule has 0 aliphatic heterocycles. The Morgan fingerprint density at radius 2 is 2.05 bits per heavy atom. The molecule has 4 heteroatoms. The largest absolute Gasteiger partial charge is 0.492 e. The minimum atomic E-state index is 0.438. The van der Waals surface area contributed by atoms with Gasteiger partial charge in [-0.2, -0.15) is 0 Å². The molecule has 3 rings (SSSR count). The van der Waals surface area contributed by atoms with Gasteiger partial charge in [0.1, 0.15) is 10.9 Å². The van der Waals surface area contributed by atoms with Crippen LogP contribution in [0.25, 0.3) is 0 Å². The highest BCUT2D eigenvalue weighted by molar-refractivity contribution is 6.30. The zero-order valence-corrected chi connectivity index (χ0v) is 13.6. The fraction of sp³-hybridized carbons (Fsp3) is 0.444. The van der Waals surface area contributed by atoms with E-state index in [1.54, 1.807) is 12.4 Å². The maximum atomic E-state index is 6.30. The summed E-state index contributed by atoms with van der Waals surface area (Å²) in [6.07, 6.45) is 8.39. The fourth-order valence-corrected chi connectivity index (χ4v) is 3.49. The van der Waals surface area contributed by atoms with Gasteiger partial charge in [-0.25, -0.2) is 4.98 Å². The van der Waals surface area contributed by atoms with Crippen LogP contribution in [-0.4, -0.2) is 16.6 Å². The number of halogens is 1. The average Bonchev–Trinajstić information content (AvgIpc) is 2.55. The molecule has 116 valence electrons. The van der Waals surface area contributed by atoms with E-state index in [9.17, 15) is 0 Å². The smallest absolute Gasteiger partial charge is 0.137 e. The molecule has 3 nitrogen and oxygen atoms in total. The molecule has 1 aliphatic carbocycles. The molecule has 1 fully saturated rings. The van der Waals surface area contributed by atoms with Crippen molar-refractivity contribution in [2.45, 2.75) is 38.5 Å². The fourth-order valence-electron chi connectivity index (χ4n) is 3.23. The SMILES string of the molecule is Cc1ccc(OCC2CCCCC2c2cccnc2Cl)cn1. The molecule has 0 amide bonds. The summed E-state index contributed by atoms with van der Waals surface area (Å²) < 4.78 is 5.97. The molecule has 2 aromatic rings. The Hall–Kier alpha value is -1.61. The zero-order valence-electron chi connectivity index (χ0n) is 12.8. The first kappa shape index (κ1) is 15.3. The number of aryl methyl sites for hydroxylation is 1. The maximum Gasteiger partial charge on any atom is 0.137 e. The topological polar surface area (TPSA) is 35.0 Å². The van der Waals surface area contributed by atoms with E-state index in [4.69, 9.17) is 16.3 Å². The number of pyridine rings is 2. The van der Waals surface area contributed by atoms with Gasteiger partial charge in [0, 0.05) is 11.9 Å².